The number of nitrogens with one attached hydrogen (secondary N) is 1. The number of thioether (sulfide) groups is 1. The highest BCUT2D eigenvalue weighted by molar-refractivity contribution is 8.01. The van der Waals surface area contributed by atoms with Crippen LogP contribution in [0.15, 0.2) is 24.3 Å². The minimum atomic E-state index is -3.34. The van der Waals surface area contributed by atoms with Gasteiger partial charge < -0.3 is 4.74 Å². The van der Waals surface area contributed by atoms with Gasteiger partial charge in [0.25, 0.3) is 0 Å². The van der Waals surface area contributed by atoms with Crippen LogP contribution in [0.25, 0.3) is 0 Å². The number of ether oxygens (including phenoxy) is 1. The van der Waals surface area contributed by atoms with E-state index in [-0.39, 0.29) is 17.5 Å². The molecule has 0 aliphatic heterocycles. The van der Waals surface area contributed by atoms with Gasteiger partial charge in [0.1, 0.15) is 0 Å². The Bertz CT molecular complexity index is 610. The first-order valence-corrected chi connectivity index (χ1v) is 8.97. The third-order valence-electron chi connectivity index (χ3n) is 2.52. The van der Waals surface area contributed by atoms with Crippen LogP contribution in [0.2, 0.25) is 0 Å². The van der Waals surface area contributed by atoms with E-state index in [1.807, 2.05) is 0 Å². The van der Waals surface area contributed by atoms with Crippen LogP contribution in [-0.4, -0.2) is 44.5 Å². The molecule has 1 atom stereocenters. The number of methoxy groups -OCH3 is 1. The van der Waals surface area contributed by atoms with Gasteiger partial charge in [-0.05, 0) is 31.2 Å². The van der Waals surface area contributed by atoms with Crippen molar-refractivity contribution in [2.45, 2.75) is 12.2 Å². The largest absolute Gasteiger partial charge is 0.468 e. The van der Waals surface area contributed by atoms with Gasteiger partial charge in [0, 0.05) is 11.3 Å². The maximum Gasteiger partial charge on any atom is 0.315 e. The predicted molar refractivity (Wildman–Crippen MR) is 83.2 cm³/mol. The molecule has 0 amide bonds. The molecule has 0 saturated carbocycles. The molecule has 0 fully saturated rings. The molecule has 0 spiro atoms. The number of ketones is 1. The van der Waals surface area contributed by atoms with E-state index in [1.54, 1.807) is 19.1 Å². The molecule has 0 aliphatic rings. The fourth-order valence-electron chi connectivity index (χ4n) is 1.48. The topological polar surface area (TPSA) is 89.5 Å². The Morgan fingerprint density at radius 3 is 2.33 bits per heavy atom. The van der Waals surface area contributed by atoms with Crippen molar-refractivity contribution >= 4 is 39.2 Å². The summed E-state index contributed by atoms with van der Waals surface area (Å²) in [6.45, 7) is 1.71. The molecule has 8 heteroatoms. The highest BCUT2D eigenvalue weighted by Gasteiger charge is 2.17. The zero-order valence-corrected chi connectivity index (χ0v) is 13.6. The summed E-state index contributed by atoms with van der Waals surface area (Å²) < 4.78 is 29.0. The van der Waals surface area contributed by atoms with E-state index in [0.29, 0.717) is 11.3 Å². The second-order valence-corrected chi connectivity index (χ2v) is 7.42. The molecule has 0 saturated heterocycles. The molecule has 1 aromatic carbocycles. The van der Waals surface area contributed by atoms with Crippen molar-refractivity contribution in [1.82, 2.24) is 0 Å². The molecule has 0 radical (unpaired) electrons. The summed E-state index contributed by atoms with van der Waals surface area (Å²) in [7, 11) is -2.04. The van der Waals surface area contributed by atoms with Crippen LogP contribution in [0, 0.1) is 0 Å². The maximum absolute atomic E-state index is 12.1. The van der Waals surface area contributed by atoms with E-state index < -0.39 is 15.3 Å². The summed E-state index contributed by atoms with van der Waals surface area (Å²) in [5.41, 5.74) is 0.850. The first-order valence-electron chi connectivity index (χ1n) is 6.03. The summed E-state index contributed by atoms with van der Waals surface area (Å²) in [5, 5.41) is -0.391. The Labute approximate surface area is 128 Å². The van der Waals surface area contributed by atoms with Crippen LogP contribution in [0.3, 0.4) is 0 Å². The normalized spacial score (nSPS) is 12.5. The lowest BCUT2D eigenvalue weighted by molar-refractivity contribution is -0.137. The average Bonchev–Trinajstić information content (AvgIpc) is 2.42. The van der Waals surface area contributed by atoms with Crippen LogP contribution in [0.1, 0.15) is 17.3 Å². The molecule has 6 nitrogen and oxygen atoms in total. The van der Waals surface area contributed by atoms with E-state index in [1.165, 1.54) is 31.0 Å². The van der Waals surface area contributed by atoms with Gasteiger partial charge in [-0.1, -0.05) is 0 Å². The summed E-state index contributed by atoms with van der Waals surface area (Å²) in [4.78, 5) is 23.2. The van der Waals surface area contributed by atoms with Crippen LogP contribution in [0.5, 0.6) is 0 Å². The van der Waals surface area contributed by atoms with Crippen molar-refractivity contribution < 1.29 is 22.7 Å². The van der Waals surface area contributed by atoms with Crippen molar-refractivity contribution in [1.29, 1.82) is 0 Å². The number of sulfonamides is 1. The Morgan fingerprint density at radius 2 is 1.86 bits per heavy atom. The Kier molecular flexibility index (Phi) is 6.22. The number of hydrogen-bond donors (Lipinski definition) is 1. The number of hydrogen-bond acceptors (Lipinski definition) is 6. The van der Waals surface area contributed by atoms with Gasteiger partial charge in [-0.25, -0.2) is 8.42 Å². The number of rotatable bonds is 7. The first-order chi connectivity index (χ1) is 9.73. The number of esters is 1. The van der Waals surface area contributed by atoms with Gasteiger partial charge in [-0.3, -0.25) is 14.3 Å². The highest BCUT2D eigenvalue weighted by atomic mass is 32.2. The van der Waals surface area contributed by atoms with E-state index in [9.17, 15) is 18.0 Å². The lowest BCUT2D eigenvalue weighted by Crippen LogP contribution is -2.17. The summed E-state index contributed by atoms with van der Waals surface area (Å²) >= 11 is 1.19. The summed E-state index contributed by atoms with van der Waals surface area (Å²) in [6.07, 6.45) is 1.05. The van der Waals surface area contributed by atoms with Crippen molar-refractivity contribution in [2.24, 2.45) is 0 Å². The summed E-state index contributed by atoms with van der Waals surface area (Å²) in [6, 6.07) is 6.13. The molecular formula is C13H17NO5S2. The standard InChI is InChI=1S/C13H17NO5S2/c1-9(20-8-12(15)19-2)13(16)10-4-6-11(7-5-10)14-21(3,17)18/h4-7,9,14H,8H2,1-3H3/t9-/m0/s1. The third kappa shape index (κ3) is 6.17. The molecule has 1 aromatic rings. The van der Waals surface area contributed by atoms with Crippen LogP contribution in [-0.2, 0) is 19.6 Å². The Morgan fingerprint density at radius 1 is 1.29 bits per heavy atom. The van der Waals surface area contributed by atoms with Crippen molar-refractivity contribution in [3.05, 3.63) is 29.8 Å². The van der Waals surface area contributed by atoms with Crippen molar-refractivity contribution in [2.75, 3.05) is 23.8 Å². The molecule has 0 aliphatic carbocycles. The van der Waals surface area contributed by atoms with E-state index in [4.69, 9.17) is 0 Å². The van der Waals surface area contributed by atoms with Crippen molar-refractivity contribution in [3.63, 3.8) is 0 Å². The quantitative estimate of drug-likeness (QED) is 0.602. The minimum Gasteiger partial charge on any atom is -0.468 e. The molecule has 0 unspecified atom stereocenters. The monoisotopic (exact) mass is 331 g/mol. The molecule has 1 N–H and O–H groups in total. The molecule has 21 heavy (non-hydrogen) atoms. The van der Waals surface area contributed by atoms with Gasteiger partial charge >= 0.3 is 5.97 Å². The number of anilines is 1. The highest BCUT2D eigenvalue weighted by Crippen LogP contribution is 2.18. The average molecular weight is 331 g/mol. The summed E-state index contributed by atoms with van der Waals surface area (Å²) in [5.74, 6) is -0.404. The van der Waals surface area contributed by atoms with Gasteiger partial charge in [0.05, 0.1) is 24.4 Å². The number of carbonyl (C=O) groups is 2. The molecule has 0 bridgehead atoms. The zero-order chi connectivity index (χ0) is 16.0. The number of Topliss-reactive ketones (excluding diaryl/α,β-unsaturated/α-hetero) is 1. The lowest BCUT2D eigenvalue weighted by atomic mass is 10.1. The van der Waals surface area contributed by atoms with E-state index in [2.05, 4.69) is 9.46 Å². The minimum absolute atomic E-state index is 0.108. The van der Waals surface area contributed by atoms with Crippen LogP contribution >= 0.6 is 11.8 Å². The van der Waals surface area contributed by atoms with Gasteiger partial charge in [-0.2, -0.15) is 0 Å². The Balaban J connectivity index is 2.68. The molecule has 0 aromatic heterocycles. The van der Waals surface area contributed by atoms with Gasteiger partial charge in [0.2, 0.25) is 10.0 Å². The lowest BCUT2D eigenvalue weighted by Gasteiger charge is -2.10. The number of benzene rings is 1. The second-order valence-electron chi connectivity index (χ2n) is 4.35. The molecule has 1 rings (SSSR count). The molecule has 116 valence electrons. The van der Waals surface area contributed by atoms with Gasteiger partial charge in [-0.15, -0.1) is 11.8 Å². The molecular weight excluding hydrogens is 314 g/mol. The predicted octanol–water partition coefficient (Wildman–Crippen LogP) is 1.54. The van der Waals surface area contributed by atoms with E-state index >= 15 is 0 Å². The van der Waals surface area contributed by atoms with Crippen LogP contribution in [0.4, 0.5) is 5.69 Å². The maximum atomic E-state index is 12.1. The fourth-order valence-corrected chi connectivity index (χ4v) is 2.83. The van der Waals surface area contributed by atoms with E-state index in [0.717, 1.165) is 6.26 Å². The van der Waals surface area contributed by atoms with Crippen molar-refractivity contribution in [3.8, 4) is 0 Å². The van der Waals surface area contributed by atoms with Gasteiger partial charge in [0.15, 0.2) is 5.78 Å². The third-order valence-corrected chi connectivity index (χ3v) is 4.24. The van der Waals surface area contributed by atoms with Crippen LogP contribution < -0.4 is 4.72 Å². The SMILES string of the molecule is COC(=O)CS[C@@H](C)C(=O)c1ccc(NS(C)(=O)=O)cc1. The Hall–Kier alpha value is -1.54. The first kappa shape index (κ1) is 17.5. The fraction of sp³-hybridized carbons (Fsp3) is 0.385. The smallest absolute Gasteiger partial charge is 0.315 e. The second kappa shape index (κ2) is 7.46. The molecule has 0 heterocycles. The zero-order valence-electron chi connectivity index (χ0n) is 12.0. The number of carbonyl (C=O) groups excluding carboxylic acids is 2.